The number of ether oxygens (including phenoxy) is 1. The number of hydrogen-bond donors (Lipinski definition) is 0. The number of hydrogen-bond acceptors (Lipinski definition) is 3. The largest absolute Gasteiger partial charge is 0.461 e. The zero-order valence-electron chi connectivity index (χ0n) is 10.7. The van der Waals surface area contributed by atoms with Crippen molar-refractivity contribution in [2.75, 3.05) is 6.61 Å². The molecule has 100 valence electrons. The summed E-state index contributed by atoms with van der Waals surface area (Å²) in [7, 11) is 0. The maximum Gasteiger partial charge on any atom is 0.356 e. The molecule has 1 aromatic carbocycles. The molecule has 0 aliphatic rings. The molecule has 0 N–H and O–H groups in total. The molecule has 1 aromatic heterocycles. The van der Waals surface area contributed by atoms with Crippen LogP contribution in [0.4, 0.5) is 0 Å². The van der Waals surface area contributed by atoms with Gasteiger partial charge in [-0.1, -0.05) is 30.3 Å². The van der Waals surface area contributed by atoms with Crippen molar-refractivity contribution in [2.45, 2.75) is 19.9 Å². The smallest absolute Gasteiger partial charge is 0.356 e. The molecule has 19 heavy (non-hydrogen) atoms. The van der Waals surface area contributed by atoms with E-state index < -0.39 is 0 Å². The van der Waals surface area contributed by atoms with E-state index >= 15 is 0 Å². The number of carbonyl (C=O) groups excluding carboxylic acids is 1. The van der Waals surface area contributed by atoms with Gasteiger partial charge in [-0.3, -0.25) is 0 Å². The summed E-state index contributed by atoms with van der Waals surface area (Å²) in [4.78, 5) is 15.9. The summed E-state index contributed by atoms with van der Waals surface area (Å²) in [6.07, 6.45) is 2.37. The minimum atomic E-state index is -0.339. The molecule has 4 nitrogen and oxygen atoms in total. The normalized spacial score (nSPS) is 10.4. The van der Waals surface area contributed by atoms with Gasteiger partial charge in [0.25, 0.3) is 0 Å². The van der Waals surface area contributed by atoms with Gasteiger partial charge in [-0.15, -0.1) is 0 Å². The van der Waals surface area contributed by atoms with Crippen molar-refractivity contribution < 1.29 is 9.53 Å². The molecule has 0 fully saturated rings. The summed E-state index contributed by atoms with van der Waals surface area (Å²) < 4.78 is 7.48. The van der Waals surface area contributed by atoms with Crippen LogP contribution in [0.5, 0.6) is 0 Å². The summed E-state index contributed by atoms with van der Waals surface area (Å²) in [5.74, 6) is -0.339. The van der Waals surface area contributed by atoms with Gasteiger partial charge in [0, 0.05) is 6.54 Å². The Bertz CT molecular complexity index is 552. The Morgan fingerprint density at radius 1 is 1.37 bits per heavy atom. The molecule has 0 spiro atoms. The summed E-state index contributed by atoms with van der Waals surface area (Å²) >= 11 is 3.35. The molecule has 0 radical (unpaired) electrons. The Morgan fingerprint density at radius 2 is 2.11 bits per heavy atom. The van der Waals surface area contributed by atoms with Crippen LogP contribution in [0.15, 0.2) is 41.3 Å². The van der Waals surface area contributed by atoms with Crippen LogP contribution in [0.1, 0.15) is 23.0 Å². The maximum absolute atomic E-state index is 11.8. The van der Waals surface area contributed by atoms with Crippen LogP contribution >= 0.6 is 15.9 Å². The number of aromatic nitrogens is 2. The predicted molar refractivity (Wildman–Crippen MR) is 76.0 cm³/mol. The topological polar surface area (TPSA) is 44.1 Å². The lowest BCUT2D eigenvalue weighted by Gasteiger charge is -2.08. The van der Waals surface area contributed by atoms with Gasteiger partial charge in [0.05, 0.1) is 12.8 Å². The van der Waals surface area contributed by atoms with E-state index in [9.17, 15) is 4.79 Å². The SMILES string of the molecule is CCOC(=O)c1cnc(Br)n1CCc1ccccc1. The zero-order chi connectivity index (χ0) is 13.7. The van der Waals surface area contributed by atoms with E-state index in [1.54, 1.807) is 6.92 Å². The lowest BCUT2D eigenvalue weighted by atomic mass is 10.1. The molecule has 0 aliphatic heterocycles. The molecule has 2 aromatic rings. The molecule has 0 unspecified atom stereocenters. The number of halogens is 1. The van der Waals surface area contributed by atoms with E-state index in [4.69, 9.17) is 4.74 Å². The van der Waals surface area contributed by atoms with Crippen molar-refractivity contribution in [3.8, 4) is 0 Å². The fourth-order valence-electron chi connectivity index (χ4n) is 1.82. The number of carbonyl (C=O) groups is 1. The summed E-state index contributed by atoms with van der Waals surface area (Å²) in [6.45, 7) is 2.83. The zero-order valence-corrected chi connectivity index (χ0v) is 12.3. The highest BCUT2D eigenvalue weighted by Crippen LogP contribution is 2.14. The van der Waals surface area contributed by atoms with Gasteiger partial charge >= 0.3 is 5.97 Å². The van der Waals surface area contributed by atoms with Crippen LogP contribution in [0, 0.1) is 0 Å². The summed E-state index contributed by atoms with van der Waals surface area (Å²) in [5, 5.41) is 0. The number of benzene rings is 1. The van der Waals surface area contributed by atoms with Gasteiger partial charge < -0.3 is 9.30 Å². The van der Waals surface area contributed by atoms with Gasteiger partial charge in [0.2, 0.25) is 0 Å². The molecule has 2 rings (SSSR count). The minimum Gasteiger partial charge on any atom is -0.461 e. The minimum absolute atomic E-state index is 0.339. The lowest BCUT2D eigenvalue weighted by Crippen LogP contribution is -2.13. The Balaban J connectivity index is 2.11. The lowest BCUT2D eigenvalue weighted by molar-refractivity contribution is 0.0513. The Hall–Kier alpha value is -1.62. The fourth-order valence-corrected chi connectivity index (χ4v) is 2.29. The standard InChI is InChI=1S/C14H15BrN2O2/c1-2-19-13(18)12-10-16-14(15)17(12)9-8-11-6-4-3-5-7-11/h3-7,10H,2,8-9H2,1H3. The van der Waals surface area contributed by atoms with Crippen molar-refractivity contribution in [1.29, 1.82) is 0 Å². The van der Waals surface area contributed by atoms with Crippen molar-refractivity contribution >= 4 is 21.9 Å². The molecule has 1 heterocycles. The average molecular weight is 323 g/mol. The van der Waals surface area contributed by atoms with E-state index in [2.05, 4.69) is 33.0 Å². The van der Waals surface area contributed by atoms with E-state index in [0.29, 0.717) is 23.6 Å². The van der Waals surface area contributed by atoms with Crippen molar-refractivity contribution in [3.05, 3.63) is 52.5 Å². The summed E-state index contributed by atoms with van der Waals surface area (Å²) in [6, 6.07) is 10.1. The highest BCUT2D eigenvalue weighted by molar-refractivity contribution is 9.10. The van der Waals surface area contributed by atoms with E-state index in [1.807, 2.05) is 22.8 Å². The van der Waals surface area contributed by atoms with Gasteiger partial charge in [-0.25, -0.2) is 9.78 Å². The van der Waals surface area contributed by atoms with E-state index in [0.717, 1.165) is 6.42 Å². The molecule has 0 atom stereocenters. The Morgan fingerprint density at radius 3 is 2.79 bits per heavy atom. The third-order valence-electron chi connectivity index (χ3n) is 2.76. The number of rotatable bonds is 5. The molecular weight excluding hydrogens is 308 g/mol. The predicted octanol–water partition coefficient (Wildman–Crippen LogP) is 3.07. The molecule has 0 aliphatic carbocycles. The second kappa shape index (κ2) is 6.52. The van der Waals surface area contributed by atoms with Crippen molar-refractivity contribution in [2.24, 2.45) is 0 Å². The molecular formula is C14H15BrN2O2. The molecule has 5 heteroatoms. The number of imidazole rings is 1. The monoisotopic (exact) mass is 322 g/mol. The fraction of sp³-hybridized carbons (Fsp3) is 0.286. The van der Waals surface area contributed by atoms with Crippen molar-refractivity contribution in [3.63, 3.8) is 0 Å². The van der Waals surface area contributed by atoms with Gasteiger partial charge in [-0.2, -0.15) is 0 Å². The molecule has 0 bridgehead atoms. The van der Waals surface area contributed by atoms with Crippen LogP contribution < -0.4 is 0 Å². The van der Waals surface area contributed by atoms with Crippen LogP contribution in [-0.2, 0) is 17.7 Å². The molecule has 0 saturated heterocycles. The quantitative estimate of drug-likeness (QED) is 0.795. The van der Waals surface area contributed by atoms with E-state index in [-0.39, 0.29) is 5.97 Å². The van der Waals surface area contributed by atoms with Crippen LogP contribution in [0.2, 0.25) is 0 Å². The number of aryl methyl sites for hydroxylation is 1. The third kappa shape index (κ3) is 3.44. The molecule has 0 amide bonds. The second-order valence-electron chi connectivity index (χ2n) is 4.02. The first-order chi connectivity index (χ1) is 9.22. The first-order valence-corrected chi connectivity index (χ1v) is 6.93. The third-order valence-corrected chi connectivity index (χ3v) is 3.39. The van der Waals surface area contributed by atoms with E-state index in [1.165, 1.54) is 11.8 Å². The van der Waals surface area contributed by atoms with Crippen LogP contribution in [0.25, 0.3) is 0 Å². The first-order valence-electron chi connectivity index (χ1n) is 6.14. The second-order valence-corrected chi connectivity index (χ2v) is 4.73. The maximum atomic E-state index is 11.8. The highest BCUT2D eigenvalue weighted by atomic mass is 79.9. The first kappa shape index (κ1) is 13.8. The van der Waals surface area contributed by atoms with Crippen LogP contribution in [0.3, 0.4) is 0 Å². The highest BCUT2D eigenvalue weighted by Gasteiger charge is 2.15. The Labute approximate surface area is 120 Å². The average Bonchev–Trinajstić information content (AvgIpc) is 2.79. The van der Waals surface area contributed by atoms with Gasteiger partial charge in [0.1, 0.15) is 5.69 Å². The Kier molecular flexibility index (Phi) is 4.74. The van der Waals surface area contributed by atoms with Crippen LogP contribution in [-0.4, -0.2) is 22.1 Å². The van der Waals surface area contributed by atoms with Crippen molar-refractivity contribution in [1.82, 2.24) is 9.55 Å². The number of esters is 1. The number of nitrogens with zero attached hydrogens (tertiary/aromatic N) is 2. The summed E-state index contributed by atoms with van der Waals surface area (Å²) in [5.41, 5.74) is 1.70. The molecule has 0 saturated carbocycles. The van der Waals surface area contributed by atoms with Gasteiger partial charge in [0.15, 0.2) is 4.73 Å². The van der Waals surface area contributed by atoms with Gasteiger partial charge in [-0.05, 0) is 34.8 Å².